The van der Waals surface area contributed by atoms with Crippen molar-refractivity contribution in [1.82, 2.24) is 0 Å². The van der Waals surface area contributed by atoms with Crippen LogP contribution in [0.4, 0.5) is 5.69 Å². The third-order valence-electron chi connectivity index (χ3n) is 3.48. The third-order valence-corrected chi connectivity index (χ3v) is 3.48. The van der Waals surface area contributed by atoms with E-state index >= 15 is 0 Å². The summed E-state index contributed by atoms with van der Waals surface area (Å²) >= 11 is 0. The Morgan fingerprint density at radius 2 is 1.71 bits per heavy atom. The Morgan fingerprint density at radius 1 is 0.857 bits per heavy atom. The Hall–Kier alpha value is -2.29. The maximum Gasteiger partial charge on any atom is 0.129 e. The highest BCUT2D eigenvalue weighted by Gasteiger charge is 2.05. The van der Waals surface area contributed by atoms with Gasteiger partial charge in [0, 0.05) is 24.7 Å². The van der Waals surface area contributed by atoms with Gasteiger partial charge in [0.15, 0.2) is 0 Å². The van der Waals surface area contributed by atoms with Crippen LogP contribution in [-0.4, -0.2) is 12.4 Å². The standard InChI is InChI=1S/C18H20N2O/c1-3-9-16(10-4-1)21-17-11-7-8-15(14-17)20-18-12-5-2-6-13-19-18/h1,3-4,7-11,14H,2,5-6,12-13H2,(H,19,20). The summed E-state index contributed by atoms with van der Waals surface area (Å²) in [4.78, 5) is 4.60. The molecule has 0 unspecified atom stereocenters. The second kappa shape index (κ2) is 6.93. The van der Waals surface area contributed by atoms with Gasteiger partial charge >= 0.3 is 0 Å². The van der Waals surface area contributed by atoms with Crippen molar-refractivity contribution >= 4 is 11.5 Å². The molecule has 0 atom stereocenters. The first-order chi connectivity index (χ1) is 10.4. The maximum atomic E-state index is 5.85. The molecule has 0 bridgehead atoms. The number of ether oxygens (including phenoxy) is 1. The quantitative estimate of drug-likeness (QED) is 0.870. The SMILES string of the molecule is c1ccc(Oc2cccc(NC3=NCCCCC3)c2)cc1. The molecular weight excluding hydrogens is 260 g/mol. The van der Waals surface area contributed by atoms with Gasteiger partial charge in [-0.25, -0.2) is 0 Å². The summed E-state index contributed by atoms with van der Waals surface area (Å²) in [5.74, 6) is 2.77. The zero-order chi connectivity index (χ0) is 14.3. The maximum absolute atomic E-state index is 5.85. The second-order valence-electron chi connectivity index (χ2n) is 5.21. The van der Waals surface area contributed by atoms with Crippen molar-refractivity contribution in [2.75, 3.05) is 11.9 Å². The lowest BCUT2D eigenvalue weighted by Gasteiger charge is -2.10. The Labute approximate surface area is 125 Å². The molecule has 0 amide bonds. The number of rotatable bonds is 3. The van der Waals surface area contributed by atoms with Gasteiger partial charge in [-0.05, 0) is 37.1 Å². The van der Waals surface area contributed by atoms with Crippen molar-refractivity contribution < 1.29 is 4.74 Å². The number of nitrogens with one attached hydrogen (secondary N) is 1. The van der Waals surface area contributed by atoms with Crippen LogP contribution in [0.1, 0.15) is 25.7 Å². The number of para-hydroxylation sites is 1. The van der Waals surface area contributed by atoms with Crippen LogP contribution in [0.3, 0.4) is 0 Å². The first-order valence-electron chi connectivity index (χ1n) is 7.53. The van der Waals surface area contributed by atoms with Crippen molar-refractivity contribution in [1.29, 1.82) is 0 Å². The topological polar surface area (TPSA) is 33.6 Å². The van der Waals surface area contributed by atoms with Crippen LogP contribution in [-0.2, 0) is 0 Å². The number of aliphatic imine (C=N–C) groups is 1. The van der Waals surface area contributed by atoms with Crippen molar-refractivity contribution in [3.8, 4) is 11.5 Å². The van der Waals surface area contributed by atoms with Crippen molar-refractivity contribution in [2.45, 2.75) is 25.7 Å². The van der Waals surface area contributed by atoms with Crippen LogP contribution in [0, 0.1) is 0 Å². The lowest BCUT2D eigenvalue weighted by atomic mass is 10.2. The Morgan fingerprint density at radius 3 is 2.62 bits per heavy atom. The van der Waals surface area contributed by atoms with Crippen LogP contribution in [0.2, 0.25) is 0 Å². The van der Waals surface area contributed by atoms with E-state index in [4.69, 9.17) is 4.74 Å². The van der Waals surface area contributed by atoms with Gasteiger partial charge < -0.3 is 10.1 Å². The molecule has 0 saturated heterocycles. The number of hydrogen-bond acceptors (Lipinski definition) is 3. The molecule has 3 nitrogen and oxygen atoms in total. The highest BCUT2D eigenvalue weighted by atomic mass is 16.5. The van der Waals surface area contributed by atoms with Gasteiger partial charge in [-0.15, -0.1) is 0 Å². The fraction of sp³-hybridized carbons (Fsp3) is 0.278. The largest absolute Gasteiger partial charge is 0.457 e. The van der Waals surface area contributed by atoms with E-state index in [1.807, 2.05) is 54.6 Å². The Kier molecular flexibility index (Phi) is 4.52. The third kappa shape index (κ3) is 4.09. The van der Waals surface area contributed by atoms with Crippen LogP contribution in [0.15, 0.2) is 59.6 Å². The van der Waals surface area contributed by atoms with Gasteiger partial charge in [-0.3, -0.25) is 4.99 Å². The normalized spacial score (nSPS) is 15.0. The molecule has 1 aliphatic rings. The van der Waals surface area contributed by atoms with Crippen molar-refractivity contribution in [3.05, 3.63) is 54.6 Å². The number of nitrogens with zero attached hydrogens (tertiary/aromatic N) is 1. The van der Waals surface area contributed by atoms with Crippen molar-refractivity contribution in [3.63, 3.8) is 0 Å². The van der Waals surface area contributed by atoms with E-state index < -0.39 is 0 Å². The smallest absolute Gasteiger partial charge is 0.129 e. The Bertz CT molecular complexity index is 608. The lowest BCUT2D eigenvalue weighted by molar-refractivity contribution is 0.483. The molecule has 0 aromatic heterocycles. The molecule has 21 heavy (non-hydrogen) atoms. The minimum absolute atomic E-state index is 0.834. The predicted octanol–water partition coefficient (Wildman–Crippen LogP) is 4.86. The zero-order valence-electron chi connectivity index (χ0n) is 12.1. The zero-order valence-corrected chi connectivity index (χ0v) is 12.1. The van der Waals surface area contributed by atoms with Gasteiger partial charge in [-0.2, -0.15) is 0 Å². The van der Waals surface area contributed by atoms with E-state index in [0.29, 0.717) is 0 Å². The molecule has 2 aromatic carbocycles. The molecule has 108 valence electrons. The lowest BCUT2D eigenvalue weighted by Crippen LogP contribution is -2.11. The predicted molar refractivity (Wildman–Crippen MR) is 87.4 cm³/mol. The summed E-state index contributed by atoms with van der Waals surface area (Å²) in [5, 5.41) is 3.42. The molecule has 0 radical (unpaired) electrons. The van der Waals surface area contributed by atoms with Gasteiger partial charge in [0.25, 0.3) is 0 Å². The summed E-state index contributed by atoms with van der Waals surface area (Å²) < 4.78 is 5.85. The number of anilines is 1. The molecule has 0 aliphatic carbocycles. The number of benzene rings is 2. The van der Waals surface area contributed by atoms with Gasteiger partial charge in [-0.1, -0.05) is 30.7 Å². The minimum atomic E-state index is 0.834. The van der Waals surface area contributed by atoms with Crippen LogP contribution >= 0.6 is 0 Å². The van der Waals surface area contributed by atoms with E-state index in [1.165, 1.54) is 19.3 Å². The molecule has 0 spiro atoms. The van der Waals surface area contributed by atoms with Gasteiger partial charge in [0.1, 0.15) is 17.3 Å². The van der Waals surface area contributed by atoms with E-state index in [0.717, 1.165) is 36.0 Å². The number of amidine groups is 1. The minimum Gasteiger partial charge on any atom is -0.457 e. The molecule has 1 N–H and O–H groups in total. The Balaban J connectivity index is 1.69. The monoisotopic (exact) mass is 280 g/mol. The van der Waals surface area contributed by atoms with Crippen molar-refractivity contribution in [2.24, 2.45) is 4.99 Å². The summed E-state index contributed by atoms with van der Waals surface area (Å²) in [6.45, 7) is 0.933. The van der Waals surface area contributed by atoms with E-state index in [2.05, 4.69) is 10.3 Å². The molecular formula is C18H20N2O. The van der Waals surface area contributed by atoms with E-state index in [9.17, 15) is 0 Å². The van der Waals surface area contributed by atoms with Gasteiger partial charge in [0.05, 0.1) is 0 Å². The van der Waals surface area contributed by atoms with E-state index in [1.54, 1.807) is 0 Å². The molecule has 0 saturated carbocycles. The van der Waals surface area contributed by atoms with Crippen LogP contribution in [0.25, 0.3) is 0 Å². The average molecular weight is 280 g/mol. The summed E-state index contributed by atoms with van der Waals surface area (Å²) in [6.07, 6.45) is 4.71. The molecule has 2 aromatic rings. The highest BCUT2D eigenvalue weighted by Crippen LogP contribution is 2.24. The first kappa shape index (κ1) is 13.7. The van der Waals surface area contributed by atoms with Crippen LogP contribution < -0.4 is 10.1 Å². The second-order valence-corrected chi connectivity index (χ2v) is 5.21. The van der Waals surface area contributed by atoms with Gasteiger partial charge in [0.2, 0.25) is 0 Å². The molecule has 3 rings (SSSR count). The number of hydrogen-bond donors (Lipinski definition) is 1. The van der Waals surface area contributed by atoms with E-state index in [-0.39, 0.29) is 0 Å². The fourth-order valence-electron chi connectivity index (χ4n) is 2.40. The molecule has 1 heterocycles. The molecule has 3 heteroatoms. The van der Waals surface area contributed by atoms with Crippen LogP contribution in [0.5, 0.6) is 11.5 Å². The summed E-state index contributed by atoms with van der Waals surface area (Å²) in [7, 11) is 0. The molecule has 0 fully saturated rings. The average Bonchev–Trinajstić information content (AvgIpc) is 2.77. The summed E-state index contributed by atoms with van der Waals surface area (Å²) in [5.41, 5.74) is 1.03. The fourth-order valence-corrected chi connectivity index (χ4v) is 2.40. The summed E-state index contributed by atoms with van der Waals surface area (Å²) in [6, 6.07) is 17.9. The highest BCUT2D eigenvalue weighted by molar-refractivity contribution is 5.95. The molecule has 1 aliphatic heterocycles. The first-order valence-corrected chi connectivity index (χ1v) is 7.53.